The summed E-state index contributed by atoms with van der Waals surface area (Å²) in [7, 11) is 1.69. The first-order valence-electron chi connectivity index (χ1n) is 9.30. The number of nitrogens with zero attached hydrogens (tertiary/aromatic N) is 2. The zero-order valence-electron chi connectivity index (χ0n) is 16.6. The van der Waals surface area contributed by atoms with Gasteiger partial charge in [-0.2, -0.15) is 8.78 Å². The van der Waals surface area contributed by atoms with Crippen molar-refractivity contribution in [1.82, 2.24) is 15.5 Å². The number of benzene rings is 1. The SMILES string of the molecule is CN=C(NCc1cc(Cl)ccc1OC(F)F)NCC1CCCN(C(C)C)C1.I. The van der Waals surface area contributed by atoms with Gasteiger partial charge in [-0.05, 0) is 57.4 Å². The molecule has 0 amide bonds. The van der Waals surface area contributed by atoms with Crippen molar-refractivity contribution in [3.8, 4) is 5.75 Å². The van der Waals surface area contributed by atoms with Crippen LogP contribution in [0.25, 0.3) is 0 Å². The molecule has 1 aliphatic rings. The predicted molar refractivity (Wildman–Crippen MR) is 121 cm³/mol. The van der Waals surface area contributed by atoms with E-state index in [-0.39, 0.29) is 36.3 Å². The van der Waals surface area contributed by atoms with Crippen molar-refractivity contribution >= 4 is 41.5 Å². The van der Waals surface area contributed by atoms with Gasteiger partial charge in [-0.1, -0.05) is 11.6 Å². The second-order valence-electron chi connectivity index (χ2n) is 7.03. The highest BCUT2D eigenvalue weighted by Gasteiger charge is 2.21. The lowest BCUT2D eigenvalue weighted by molar-refractivity contribution is -0.0504. The zero-order valence-corrected chi connectivity index (χ0v) is 19.6. The fraction of sp³-hybridized carbons (Fsp3) is 0.632. The van der Waals surface area contributed by atoms with Crippen LogP contribution in [0.3, 0.4) is 0 Å². The Morgan fingerprint density at radius 3 is 2.75 bits per heavy atom. The monoisotopic (exact) mass is 530 g/mol. The van der Waals surface area contributed by atoms with E-state index in [1.54, 1.807) is 13.1 Å². The molecular formula is C19H30ClF2IN4O. The molecule has 9 heteroatoms. The minimum atomic E-state index is -2.88. The van der Waals surface area contributed by atoms with E-state index in [9.17, 15) is 8.78 Å². The molecule has 2 N–H and O–H groups in total. The van der Waals surface area contributed by atoms with E-state index >= 15 is 0 Å². The fourth-order valence-electron chi connectivity index (χ4n) is 3.27. The van der Waals surface area contributed by atoms with Crippen molar-refractivity contribution in [1.29, 1.82) is 0 Å². The highest BCUT2D eigenvalue weighted by molar-refractivity contribution is 14.0. The van der Waals surface area contributed by atoms with Crippen molar-refractivity contribution in [2.45, 2.75) is 45.9 Å². The van der Waals surface area contributed by atoms with Crippen LogP contribution in [0.5, 0.6) is 5.75 Å². The number of alkyl halides is 2. The van der Waals surface area contributed by atoms with E-state index in [1.165, 1.54) is 25.0 Å². The molecule has 1 aliphatic heterocycles. The summed E-state index contributed by atoms with van der Waals surface area (Å²) < 4.78 is 29.7. The molecule has 160 valence electrons. The summed E-state index contributed by atoms with van der Waals surface area (Å²) >= 11 is 5.98. The van der Waals surface area contributed by atoms with Gasteiger partial charge in [0.25, 0.3) is 0 Å². The van der Waals surface area contributed by atoms with E-state index in [4.69, 9.17) is 11.6 Å². The number of rotatable bonds is 7. The standard InChI is InChI=1S/C19H29ClF2N4O.HI/c1-13(2)26-8-4-5-14(12-26)10-24-19(23-3)25-11-15-9-16(20)6-7-17(15)27-18(21)22;/h6-7,9,13-14,18H,4-5,8,10-12H2,1-3H3,(H2,23,24,25);1H. The highest BCUT2D eigenvalue weighted by Crippen LogP contribution is 2.24. The predicted octanol–water partition coefficient (Wildman–Crippen LogP) is 4.34. The molecule has 28 heavy (non-hydrogen) atoms. The van der Waals surface area contributed by atoms with Crippen molar-refractivity contribution < 1.29 is 13.5 Å². The van der Waals surface area contributed by atoms with E-state index in [1.807, 2.05) is 0 Å². The smallest absolute Gasteiger partial charge is 0.387 e. The minimum absolute atomic E-state index is 0. The molecule has 2 rings (SSSR count). The summed E-state index contributed by atoms with van der Waals surface area (Å²) in [6.45, 7) is 4.90. The summed E-state index contributed by atoms with van der Waals surface area (Å²) in [5.74, 6) is 1.29. The fourth-order valence-corrected chi connectivity index (χ4v) is 3.47. The molecule has 1 heterocycles. The number of nitrogens with one attached hydrogen (secondary N) is 2. The van der Waals surface area contributed by atoms with Crippen LogP contribution >= 0.6 is 35.6 Å². The molecule has 5 nitrogen and oxygen atoms in total. The molecule has 1 aromatic rings. The van der Waals surface area contributed by atoms with Gasteiger partial charge < -0.3 is 20.3 Å². The van der Waals surface area contributed by atoms with Gasteiger partial charge in [0.1, 0.15) is 5.75 Å². The van der Waals surface area contributed by atoms with E-state index in [2.05, 4.69) is 39.1 Å². The van der Waals surface area contributed by atoms with Crippen LogP contribution in [0.1, 0.15) is 32.3 Å². The van der Waals surface area contributed by atoms with Gasteiger partial charge in [-0.25, -0.2) is 0 Å². The second-order valence-corrected chi connectivity index (χ2v) is 7.47. The van der Waals surface area contributed by atoms with E-state index in [0.29, 0.717) is 28.5 Å². The Bertz CT molecular complexity index is 634. The molecule has 0 radical (unpaired) electrons. The van der Waals surface area contributed by atoms with Crippen LogP contribution in [-0.2, 0) is 6.54 Å². The number of likely N-dealkylation sites (tertiary alicyclic amines) is 1. The third kappa shape index (κ3) is 8.24. The molecule has 1 atom stereocenters. The Hall–Kier alpha value is -0.870. The van der Waals surface area contributed by atoms with Crippen molar-refractivity contribution in [3.63, 3.8) is 0 Å². The molecule has 0 aromatic heterocycles. The molecule has 0 saturated carbocycles. The molecule has 0 spiro atoms. The average Bonchev–Trinajstić information content (AvgIpc) is 2.63. The van der Waals surface area contributed by atoms with E-state index in [0.717, 1.165) is 19.6 Å². The summed E-state index contributed by atoms with van der Waals surface area (Å²) in [5.41, 5.74) is 0.550. The second kappa shape index (κ2) is 12.6. The lowest BCUT2D eigenvalue weighted by Crippen LogP contribution is -2.46. The third-order valence-electron chi connectivity index (χ3n) is 4.75. The van der Waals surface area contributed by atoms with Crippen molar-refractivity contribution in [2.75, 3.05) is 26.7 Å². The van der Waals surface area contributed by atoms with Crippen LogP contribution in [-0.4, -0.2) is 50.2 Å². The molecule has 1 unspecified atom stereocenters. The Morgan fingerprint density at radius 1 is 1.36 bits per heavy atom. The maximum absolute atomic E-state index is 12.6. The normalized spacial score (nSPS) is 18.1. The molecule has 0 bridgehead atoms. The molecule has 1 fully saturated rings. The summed E-state index contributed by atoms with van der Waals surface area (Å²) in [5, 5.41) is 6.94. The van der Waals surface area contributed by atoms with Crippen LogP contribution in [0, 0.1) is 5.92 Å². The lowest BCUT2D eigenvalue weighted by Gasteiger charge is -2.35. The summed E-state index contributed by atoms with van der Waals surface area (Å²) in [4.78, 5) is 6.71. The molecular weight excluding hydrogens is 501 g/mol. The van der Waals surface area contributed by atoms with Gasteiger partial charge in [0.05, 0.1) is 0 Å². The van der Waals surface area contributed by atoms with Gasteiger partial charge in [-0.3, -0.25) is 4.99 Å². The Kier molecular flexibility index (Phi) is 11.4. The quantitative estimate of drug-likeness (QED) is 0.313. The van der Waals surface area contributed by atoms with Crippen molar-refractivity contribution in [2.24, 2.45) is 10.9 Å². The first kappa shape index (κ1) is 25.2. The summed E-state index contributed by atoms with van der Waals surface area (Å²) in [6, 6.07) is 5.14. The Balaban J connectivity index is 0.00000392. The zero-order chi connectivity index (χ0) is 19.8. The van der Waals surface area contributed by atoms with Gasteiger partial charge in [0.2, 0.25) is 0 Å². The van der Waals surface area contributed by atoms with Crippen LogP contribution in [0.4, 0.5) is 8.78 Å². The topological polar surface area (TPSA) is 48.9 Å². The van der Waals surface area contributed by atoms with Crippen LogP contribution < -0.4 is 15.4 Å². The van der Waals surface area contributed by atoms with Crippen LogP contribution in [0.2, 0.25) is 5.02 Å². The number of ether oxygens (including phenoxy) is 1. The first-order valence-corrected chi connectivity index (χ1v) is 9.68. The minimum Gasteiger partial charge on any atom is -0.434 e. The van der Waals surface area contributed by atoms with Gasteiger partial charge in [-0.15, -0.1) is 24.0 Å². The molecule has 1 saturated heterocycles. The maximum Gasteiger partial charge on any atom is 0.387 e. The Morgan fingerprint density at radius 2 is 2.11 bits per heavy atom. The molecule has 1 aromatic carbocycles. The Labute approximate surface area is 188 Å². The largest absolute Gasteiger partial charge is 0.434 e. The van der Waals surface area contributed by atoms with Crippen molar-refractivity contribution in [3.05, 3.63) is 28.8 Å². The van der Waals surface area contributed by atoms with E-state index < -0.39 is 6.61 Å². The highest BCUT2D eigenvalue weighted by atomic mass is 127. The number of hydrogen-bond acceptors (Lipinski definition) is 3. The first-order chi connectivity index (χ1) is 12.9. The number of guanidine groups is 1. The number of aliphatic imine (C=N–C) groups is 1. The van der Waals surface area contributed by atoms with Gasteiger partial charge >= 0.3 is 6.61 Å². The lowest BCUT2D eigenvalue weighted by atomic mass is 9.97. The molecule has 0 aliphatic carbocycles. The van der Waals surface area contributed by atoms with Crippen LogP contribution in [0.15, 0.2) is 23.2 Å². The number of piperidine rings is 1. The van der Waals surface area contributed by atoms with Gasteiger partial charge in [0.15, 0.2) is 5.96 Å². The number of hydrogen-bond donors (Lipinski definition) is 2. The summed E-state index contributed by atoms with van der Waals surface area (Å²) in [6.07, 6.45) is 2.39. The van der Waals surface area contributed by atoms with Gasteiger partial charge in [0, 0.05) is 43.3 Å². The maximum atomic E-state index is 12.6. The third-order valence-corrected chi connectivity index (χ3v) is 4.98. The number of halogens is 4. The average molecular weight is 531 g/mol.